The van der Waals surface area contributed by atoms with Gasteiger partial charge < -0.3 is 4.57 Å². The van der Waals surface area contributed by atoms with Crippen molar-refractivity contribution in [2.75, 3.05) is 6.54 Å². The van der Waals surface area contributed by atoms with Gasteiger partial charge in [0, 0.05) is 43.2 Å². The molecule has 0 spiro atoms. The standard InChI is InChI=1S/C21H20FN3O2/c22-18-10-8-16(9-11-18)21-20-7-3-12-23(20)13-4-14-24(21)15-17-5-1-2-6-19(17)25(26)27/h1-3,5-12,21H,4,13-15H2. The first-order chi connectivity index (χ1) is 13.1. The zero-order valence-corrected chi connectivity index (χ0v) is 14.8. The van der Waals surface area contributed by atoms with Gasteiger partial charge in [0.2, 0.25) is 0 Å². The molecule has 2 heterocycles. The van der Waals surface area contributed by atoms with Crippen molar-refractivity contribution < 1.29 is 9.31 Å². The maximum atomic E-state index is 13.5. The number of nitrogens with zero attached hydrogens (tertiary/aromatic N) is 3. The second-order valence-electron chi connectivity index (χ2n) is 6.79. The fourth-order valence-electron chi connectivity index (χ4n) is 3.88. The first kappa shape index (κ1) is 17.4. The van der Waals surface area contributed by atoms with Crippen LogP contribution < -0.4 is 0 Å². The summed E-state index contributed by atoms with van der Waals surface area (Å²) in [5, 5.41) is 11.4. The number of hydrogen-bond donors (Lipinski definition) is 0. The summed E-state index contributed by atoms with van der Waals surface area (Å²) in [6.45, 7) is 2.16. The van der Waals surface area contributed by atoms with Crippen LogP contribution in [-0.4, -0.2) is 20.9 Å². The molecule has 0 saturated carbocycles. The molecule has 0 aliphatic carbocycles. The van der Waals surface area contributed by atoms with E-state index in [1.54, 1.807) is 24.3 Å². The second-order valence-corrected chi connectivity index (χ2v) is 6.79. The highest BCUT2D eigenvalue weighted by Gasteiger charge is 2.29. The molecule has 1 unspecified atom stereocenters. The molecule has 1 aromatic heterocycles. The largest absolute Gasteiger partial charge is 0.350 e. The molecule has 1 aliphatic heterocycles. The Morgan fingerprint density at radius 2 is 1.81 bits per heavy atom. The van der Waals surface area contributed by atoms with Gasteiger partial charge in [-0.1, -0.05) is 30.3 Å². The minimum absolute atomic E-state index is 0.0806. The Morgan fingerprint density at radius 1 is 1.04 bits per heavy atom. The van der Waals surface area contributed by atoms with Crippen molar-refractivity contribution in [2.24, 2.45) is 0 Å². The van der Waals surface area contributed by atoms with Gasteiger partial charge >= 0.3 is 0 Å². The lowest BCUT2D eigenvalue weighted by molar-refractivity contribution is -0.385. The van der Waals surface area contributed by atoms with Crippen LogP contribution in [0.4, 0.5) is 10.1 Å². The van der Waals surface area contributed by atoms with E-state index in [0.717, 1.165) is 30.8 Å². The highest BCUT2D eigenvalue weighted by atomic mass is 19.1. The zero-order chi connectivity index (χ0) is 18.8. The maximum Gasteiger partial charge on any atom is 0.273 e. The van der Waals surface area contributed by atoms with Crippen LogP contribution in [-0.2, 0) is 13.1 Å². The molecule has 0 fully saturated rings. The Balaban J connectivity index is 1.76. The molecular weight excluding hydrogens is 345 g/mol. The van der Waals surface area contributed by atoms with E-state index in [4.69, 9.17) is 0 Å². The Hall–Kier alpha value is -2.99. The summed E-state index contributed by atoms with van der Waals surface area (Å²) in [6.07, 6.45) is 3.00. The summed E-state index contributed by atoms with van der Waals surface area (Å²) in [4.78, 5) is 13.3. The second kappa shape index (κ2) is 7.32. The molecule has 4 rings (SSSR count). The van der Waals surface area contributed by atoms with Crippen LogP contribution in [0.1, 0.15) is 29.3 Å². The first-order valence-electron chi connectivity index (χ1n) is 9.00. The third-order valence-electron chi connectivity index (χ3n) is 5.10. The molecule has 0 N–H and O–H groups in total. The van der Waals surface area contributed by atoms with Crippen LogP contribution in [0.3, 0.4) is 0 Å². The number of aryl methyl sites for hydroxylation is 1. The lowest BCUT2D eigenvalue weighted by Gasteiger charge is -2.30. The minimum Gasteiger partial charge on any atom is -0.350 e. The summed E-state index contributed by atoms with van der Waals surface area (Å²) in [6, 6.07) is 17.4. The number of fused-ring (bicyclic) bond motifs is 1. The van der Waals surface area contributed by atoms with Crippen molar-refractivity contribution in [1.82, 2.24) is 9.47 Å². The highest BCUT2D eigenvalue weighted by molar-refractivity contribution is 5.40. The fourth-order valence-corrected chi connectivity index (χ4v) is 3.88. The SMILES string of the molecule is O=[N+]([O-])c1ccccc1CN1CCCn2cccc2C1c1ccc(F)cc1. The van der Waals surface area contributed by atoms with Crippen molar-refractivity contribution in [1.29, 1.82) is 0 Å². The van der Waals surface area contributed by atoms with Crippen LogP contribution in [0.2, 0.25) is 0 Å². The van der Waals surface area contributed by atoms with Gasteiger partial charge in [0.15, 0.2) is 0 Å². The Kier molecular flexibility index (Phi) is 4.73. The van der Waals surface area contributed by atoms with E-state index < -0.39 is 0 Å². The summed E-state index contributed by atoms with van der Waals surface area (Å²) >= 11 is 0. The molecular formula is C21H20FN3O2. The molecule has 1 aliphatic rings. The van der Waals surface area contributed by atoms with Crippen molar-refractivity contribution in [3.05, 3.63) is 99.6 Å². The van der Waals surface area contributed by atoms with Crippen LogP contribution in [0.25, 0.3) is 0 Å². The molecule has 3 aromatic rings. The number of benzene rings is 2. The molecule has 0 saturated heterocycles. The average Bonchev–Trinajstić information content (AvgIpc) is 3.05. The van der Waals surface area contributed by atoms with Crippen molar-refractivity contribution in [3.8, 4) is 0 Å². The quantitative estimate of drug-likeness (QED) is 0.504. The number of halogens is 1. The maximum absolute atomic E-state index is 13.5. The molecule has 0 radical (unpaired) electrons. The molecule has 138 valence electrons. The Morgan fingerprint density at radius 3 is 2.59 bits per heavy atom. The van der Waals surface area contributed by atoms with Crippen molar-refractivity contribution in [2.45, 2.75) is 25.6 Å². The van der Waals surface area contributed by atoms with Gasteiger partial charge in [-0.2, -0.15) is 0 Å². The average molecular weight is 365 g/mol. The van der Waals surface area contributed by atoms with E-state index in [1.165, 1.54) is 12.1 Å². The van der Waals surface area contributed by atoms with Gasteiger partial charge in [0.05, 0.1) is 11.0 Å². The lowest BCUT2D eigenvalue weighted by atomic mass is 10.0. The van der Waals surface area contributed by atoms with Crippen molar-refractivity contribution in [3.63, 3.8) is 0 Å². The third-order valence-corrected chi connectivity index (χ3v) is 5.10. The van der Waals surface area contributed by atoms with E-state index in [0.29, 0.717) is 12.1 Å². The first-order valence-corrected chi connectivity index (χ1v) is 9.00. The van der Waals surface area contributed by atoms with Crippen LogP contribution in [0, 0.1) is 15.9 Å². The van der Waals surface area contributed by atoms with Crippen molar-refractivity contribution >= 4 is 5.69 Å². The monoisotopic (exact) mass is 365 g/mol. The number of aromatic nitrogens is 1. The predicted molar refractivity (Wildman–Crippen MR) is 101 cm³/mol. The third kappa shape index (κ3) is 3.48. The van der Waals surface area contributed by atoms with Gasteiger partial charge in [-0.25, -0.2) is 4.39 Å². The molecule has 1 atom stereocenters. The van der Waals surface area contributed by atoms with E-state index in [9.17, 15) is 14.5 Å². The normalized spacial score (nSPS) is 17.3. The number of hydrogen-bond acceptors (Lipinski definition) is 3. The van der Waals surface area contributed by atoms with E-state index in [2.05, 4.69) is 21.7 Å². The zero-order valence-electron chi connectivity index (χ0n) is 14.8. The van der Waals surface area contributed by atoms with Gasteiger partial charge in [-0.15, -0.1) is 0 Å². The van der Waals surface area contributed by atoms with E-state index >= 15 is 0 Å². The Labute approximate surface area is 156 Å². The van der Waals surface area contributed by atoms with Crippen LogP contribution in [0.15, 0.2) is 66.9 Å². The molecule has 5 nitrogen and oxygen atoms in total. The summed E-state index contributed by atoms with van der Waals surface area (Å²) in [7, 11) is 0. The molecule has 2 aromatic carbocycles. The lowest BCUT2D eigenvalue weighted by Crippen LogP contribution is -2.29. The van der Waals surface area contributed by atoms with Crippen LogP contribution in [0.5, 0.6) is 0 Å². The number of nitro groups is 1. The summed E-state index contributed by atoms with van der Waals surface area (Å²) in [5.41, 5.74) is 2.93. The molecule has 27 heavy (non-hydrogen) atoms. The van der Waals surface area contributed by atoms with E-state index in [-0.39, 0.29) is 22.5 Å². The van der Waals surface area contributed by atoms with Crippen LogP contribution >= 0.6 is 0 Å². The Bertz CT molecular complexity index is 952. The smallest absolute Gasteiger partial charge is 0.273 e. The van der Waals surface area contributed by atoms with Gasteiger partial charge in [-0.05, 0) is 36.2 Å². The van der Waals surface area contributed by atoms with Gasteiger partial charge in [-0.3, -0.25) is 15.0 Å². The predicted octanol–water partition coefficient (Wildman–Crippen LogP) is 4.53. The molecule has 0 amide bonds. The van der Waals surface area contributed by atoms with Gasteiger partial charge in [0.25, 0.3) is 5.69 Å². The topological polar surface area (TPSA) is 51.3 Å². The number of nitro benzene ring substituents is 1. The minimum atomic E-state index is -0.331. The fraction of sp³-hybridized carbons (Fsp3) is 0.238. The summed E-state index contributed by atoms with van der Waals surface area (Å²) < 4.78 is 15.7. The molecule has 0 bridgehead atoms. The summed E-state index contributed by atoms with van der Waals surface area (Å²) in [5.74, 6) is -0.270. The van der Waals surface area contributed by atoms with E-state index in [1.807, 2.05) is 18.2 Å². The molecule has 6 heteroatoms. The highest BCUT2D eigenvalue weighted by Crippen LogP contribution is 2.34. The van der Waals surface area contributed by atoms with Gasteiger partial charge in [0.1, 0.15) is 5.82 Å². The number of para-hydroxylation sites is 1. The number of rotatable bonds is 4.